The van der Waals surface area contributed by atoms with Crippen molar-refractivity contribution in [2.75, 3.05) is 5.75 Å². The lowest BCUT2D eigenvalue weighted by molar-refractivity contribution is -0.139. The largest absolute Gasteiger partial charge is 0.352 e. The van der Waals surface area contributed by atoms with E-state index in [-0.39, 0.29) is 17.9 Å². The second-order valence-corrected chi connectivity index (χ2v) is 9.90. The van der Waals surface area contributed by atoms with Crippen LogP contribution in [-0.4, -0.2) is 34.6 Å². The van der Waals surface area contributed by atoms with Gasteiger partial charge < -0.3 is 10.2 Å². The maximum Gasteiger partial charge on any atom is 0.243 e. The number of aryl methyl sites for hydroxylation is 1. The summed E-state index contributed by atoms with van der Waals surface area (Å²) in [6, 6.07) is 15.6. The van der Waals surface area contributed by atoms with Gasteiger partial charge in [0.1, 0.15) is 6.04 Å². The minimum atomic E-state index is -0.467. The fourth-order valence-electron chi connectivity index (χ4n) is 4.12. The summed E-state index contributed by atoms with van der Waals surface area (Å²) in [6.07, 6.45) is 4.97. The van der Waals surface area contributed by atoms with Crippen LogP contribution in [0.15, 0.2) is 48.5 Å². The van der Waals surface area contributed by atoms with Crippen molar-refractivity contribution in [1.82, 2.24) is 10.2 Å². The van der Waals surface area contributed by atoms with Gasteiger partial charge in [-0.15, -0.1) is 11.8 Å². The predicted molar refractivity (Wildman–Crippen MR) is 134 cm³/mol. The highest BCUT2D eigenvalue weighted by Crippen LogP contribution is 2.23. The molecule has 0 saturated heterocycles. The second-order valence-electron chi connectivity index (χ2n) is 8.51. The lowest BCUT2D eigenvalue weighted by Crippen LogP contribution is -2.51. The van der Waals surface area contributed by atoms with Gasteiger partial charge in [-0.1, -0.05) is 79.4 Å². The van der Waals surface area contributed by atoms with Crippen LogP contribution in [0.3, 0.4) is 0 Å². The third kappa shape index (κ3) is 7.01. The molecule has 1 saturated carbocycles. The van der Waals surface area contributed by atoms with E-state index in [4.69, 9.17) is 11.6 Å². The van der Waals surface area contributed by atoms with Crippen LogP contribution in [0.2, 0.25) is 5.02 Å². The molecular formula is C26H33ClN2O2S. The Bertz CT molecular complexity index is 897. The first-order valence-corrected chi connectivity index (χ1v) is 13.0. The van der Waals surface area contributed by atoms with E-state index in [1.165, 1.54) is 17.3 Å². The quantitative estimate of drug-likeness (QED) is 0.479. The number of carbonyl (C=O) groups excluding carboxylic acids is 2. The molecule has 0 radical (unpaired) electrons. The average molecular weight is 473 g/mol. The molecule has 2 aromatic rings. The molecule has 1 atom stereocenters. The molecule has 6 heteroatoms. The number of benzene rings is 2. The molecule has 4 nitrogen and oxygen atoms in total. The van der Waals surface area contributed by atoms with Crippen LogP contribution < -0.4 is 5.32 Å². The number of thioether (sulfide) groups is 1. The molecule has 1 fully saturated rings. The van der Waals surface area contributed by atoms with Gasteiger partial charge in [0.15, 0.2) is 0 Å². The number of hydrogen-bond acceptors (Lipinski definition) is 3. The number of carbonyl (C=O) groups is 2. The van der Waals surface area contributed by atoms with Crippen molar-refractivity contribution in [3.05, 3.63) is 70.2 Å². The number of halogens is 1. The number of nitrogens with zero attached hydrogens (tertiary/aromatic N) is 1. The molecule has 3 rings (SSSR count). The number of rotatable bonds is 10. The monoisotopic (exact) mass is 472 g/mol. The Labute approximate surface area is 201 Å². The Kier molecular flexibility index (Phi) is 9.49. The van der Waals surface area contributed by atoms with E-state index < -0.39 is 6.04 Å². The van der Waals surface area contributed by atoms with Gasteiger partial charge in [-0.2, -0.15) is 0 Å². The van der Waals surface area contributed by atoms with Crippen LogP contribution >= 0.6 is 23.4 Å². The fraction of sp³-hybridized carbons (Fsp3) is 0.462. The van der Waals surface area contributed by atoms with Gasteiger partial charge in [0.2, 0.25) is 11.8 Å². The van der Waals surface area contributed by atoms with Crippen molar-refractivity contribution in [3.63, 3.8) is 0 Å². The molecule has 0 heterocycles. The molecule has 1 aliphatic carbocycles. The summed E-state index contributed by atoms with van der Waals surface area (Å²) in [6.45, 7) is 4.45. The number of amides is 2. The zero-order chi connectivity index (χ0) is 22.9. The van der Waals surface area contributed by atoms with Crippen LogP contribution in [-0.2, 0) is 21.9 Å². The van der Waals surface area contributed by atoms with Crippen molar-refractivity contribution in [2.24, 2.45) is 0 Å². The fourth-order valence-corrected chi connectivity index (χ4v) is 5.32. The molecule has 172 valence electrons. The van der Waals surface area contributed by atoms with Gasteiger partial charge in [0.25, 0.3) is 0 Å². The minimum Gasteiger partial charge on any atom is -0.352 e. The lowest BCUT2D eigenvalue weighted by Gasteiger charge is -2.31. The van der Waals surface area contributed by atoms with E-state index in [0.717, 1.165) is 36.8 Å². The highest BCUT2D eigenvalue weighted by Gasteiger charge is 2.30. The molecule has 1 aliphatic rings. The van der Waals surface area contributed by atoms with Gasteiger partial charge >= 0.3 is 0 Å². The summed E-state index contributed by atoms with van der Waals surface area (Å²) >= 11 is 7.79. The Balaban J connectivity index is 1.70. The topological polar surface area (TPSA) is 49.4 Å². The van der Waals surface area contributed by atoms with Crippen LogP contribution in [0.5, 0.6) is 0 Å². The molecular weight excluding hydrogens is 440 g/mol. The van der Waals surface area contributed by atoms with Crippen molar-refractivity contribution in [1.29, 1.82) is 0 Å². The molecule has 2 aromatic carbocycles. The summed E-state index contributed by atoms with van der Waals surface area (Å²) in [7, 11) is 0. The summed E-state index contributed by atoms with van der Waals surface area (Å²) in [5.41, 5.74) is 3.23. The highest BCUT2D eigenvalue weighted by atomic mass is 35.5. The molecule has 1 unspecified atom stereocenters. The Morgan fingerprint density at radius 3 is 2.47 bits per heavy atom. The second kappa shape index (κ2) is 12.3. The van der Waals surface area contributed by atoms with E-state index in [0.29, 0.717) is 29.5 Å². The van der Waals surface area contributed by atoms with Crippen molar-refractivity contribution < 1.29 is 9.59 Å². The van der Waals surface area contributed by atoms with E-state index in [1.807, 2.05) is 62.4 Å². The lowest BCUT2D eigenvalue weighted by atomic mass is 10.1. The van der Waals surface area contributed by atoms with Gasteiger partial charge in [-0.25, -0.2) is 0 Å². The Morgan fingerprint density at radius 1 is 1.12 bits per heavy atom. The zero-order valence-electron chi connectivity index (χ0n) is 19.0. The smallest absolute Gasteiger partial charge is 0.243 e. The first kappa shape index (κ1) is 24.7. The van der Waals surface area contributed by atoms with E-state index >= 15 is 0 Å². The SMILES string of the molecule is CCC(C(=O)NC1CCCC1)N(Cc1ccc(C)cc1)C(=O)CSCc1ccccc1Cl. The summed E-state index contributed by atoms with van der Waals surface area (Å²) < 4.78 is 0. The zero-order valence-corrected chi connectivity index (χ0v) is 20.6. The first-order valence-electron chi connectivity index (χ1n) is 11.4. The maximum atomic E-state index is 13.3. The maximum absolute atomic E-state index is 13.3. The summed E-state index contributed by atoms with van der Waals surface area (Å²) in [5.74, 6) is 0.922. The normalized spacial score (nSPS) is 14.8. The molecule has 1 N–H and O–H groups in total. The number of hydrogen-bond donors (Lipinski definition) is 1. The van der Waals surface area contributed by atoms with Crippen LogP contribution in [0.25, 0.3) is 0 Å². The third-order valence-electron chi connectivity index (χ3n) is 6.00. The van der Waals surface area contributed by atoms with Crippen molar-refractivity contribution in [3.8, 4) is 0 Å². The Hall–Kier alpha value is -1.98. The number of nitrogens with one attached hydrogen (secondary N) is 1. The molecule has 0 spiro atoms. The van der Waals surface area contributed by atoms with Crippen LogP contribution in [0, 0.1) is 6.92 Å². The molecule has 0 bridgehead atoms. The third-order valence-corrected chi connectivity index (χ3v) is 7.34. The molecule has 32 heavy (non-hydrogen) atoms. The van der Waals surface area contributed by atoms with Gasteiger partial charge in [-0.05, 0) is 43.4 Å². The van der Waals surface area contributed by atoms with E-state index in [9.17, 15) is 9.59 Å². The van der Waals surface area contributed by atoms with E-state index in [1.54, 1.807) is 4.90 Å². The summed E-state index contributed by atoms with van der Waals surface area (Å²) in [5, 5.41) is 3.91. The molecule has 0 aliphatic heterocycles. The predicted octanol–water partition coefficient (Wildman–Crippen LogP) is 5.75. The van der Waals surface area contributed by atoms with Gasteiger partial charge in [0, 0.05) is 23.4 Å². The highest BCUT2D eigenvalue weighted by molar-refractivity contribution is 7.99. The molecule has 2 amide bonds. The standard InChI is InChI=1S/C26H33ClN2O2S/c1-3-24(26(31)28-22-9-5-6-10-22)29(16-20-14-12-19(2)13-15-20)25(30)18-32-17-21-8-4-7-11-23(21)27/h4,7-8,11-15,22,24H,3,5-6,9-10,16-18H2,1-2H3,(H,28,31). The van der Waals surface area contributed by atoms with Crippen molar-refractivity contribution >= 4 is 35.2 Å². The average Bonchev–Trinajstić information content (AvgIpc) is 3.29. The summed E-state index contributed by atoms with van der Waals surface area (Å²) in [4.78, 5) is 28.2. The van der Waals surface area contributed by atoms with Crippen molar-refractivity contribution in [2.45, 2.75) is 70.3 Å². The van der Waals surface area contributed by atoms with E-state index in [2.05, 4.69) is 5.32 Å². The van der Waals surface area contributed by atoms with Crippen LogP contribution in [0.1, 0.15) is 55.7 Å². The first-order chi connectivity index (χ1) is 15.5. The Morgan fingerprint density at radius 2 is 1.81 bits per heavy atom. The van der Waals surface area contributed by atoms with Gasteiger partial charge in [0.05, 0.1) is 5.75 Å². The van der Waals surface area contributed by atoms with Crippen LogP contribution in [0.4, 0.5) is 0 Å². The minimum absolute atomic E-state index is 0.0175. The molecule has 0 aromatic heterocycles. The van der Waals surface area contributed by atoms with Gasteiger partial charge in [-0.3, -0.25) is 9.59 Å².